The molecular formula is C10H17N3. The van der Waals surface area contributed by atoms with E-state index in [2.05, 4.69) is 9.55 Å². The van der Waals surface area contributed by atoms with Crippen molar-refractivity contribution in [2.24, 2.45) is 5.92 Å². The standard InChI is InChI=1S/C10H17N3/c1-8-6-13(10(11)12-8)7-9-4-2-3-5-9/h6,9H,2-5,7H2,1H3,(H2,11,12). The van der Waals surface area contributed by atoms with Crippen molar-refractivity contribution >= 4 is 5.95 Å². The van der Waals surface area contributed by atoms with Gasteiger partial charge in [-0.15, -0.1) is 0 Å². The third-order valence-corrected chi connectivity index (χ3v) is 2.86. The fourth-order valence-electron chi connectivity index (χ4n) is 2.18. The van der Waals surface area contributed by atoms with Crippen molar-refractivity contribution in [2.45, 2.75) is 39.2 Å². The van der Waals surface area contributed by atoms with Gasteiger partial charge < -0.3 is 10.3 Å². The number of aromatic nitrogens is 2. The summed E-state index contributed by atoms with van der Waals surface area (Å²) in [6.07, 6.45) is 7.54. The Balaban J connectivity index is 2.03. The van der Waals surface area contributed by atoms with Crippen LogP contribution in [0, 0.1) is 12.8 Å². The Morgan fingerprint density at radius 3 is 2.77 bits per heavy atom. The SMILES string of the molecule is Cc1cn(CC2CCCC2)c(N)n1. The van der Waals surface area contributed by atoms with E-state index >= 15 is 0 Å². The van der Waals surface area contributed by atoms with Crippen molar-refractivity contribution in [1.29, 1.82) is 0 Å². The molecule has 0 aromatic carbocycles. The summed E-state index contributed by atoms with van der Waals surface area (Å²) >= 11 is 0. The summed E-state index contributed by atoms with van der Waals surface area (Å²) in [6.45, 7) is 3.05. The number of rotatable bonds is 2. The van der Waals surface area contributed by atoms with Gasteiger partial charge in [0.2, 0.25) is 0 Å². The van der Waals surface area contributed by atoms with Crippen molar-refractivity contribution in [3.05, 3.63) is 11.9 Å². The lowest BCUT2D eigenvalue weighted by molar-refractivity contribution is 0.461. The monoisotopic (exact) mass is 179 g/mol. The van der Waals surface area contributed by atoms with Crippen molar-refractivity contribution < 1.29 is 0 Å². The number of nitrogens with two attached hydrogens (primary N) is 1. The number of hydrogen-bond acceptors (Lipinski definition) is 2. The van der Waals surface area contributed by atoms with Crippen LogP contribution in [0.5, 0.6) is 0 Å². The van der Waals surface area contributed by atoms with E-state index in [-0.39, 0.29) is 0 Å². The number of anilines is 1. The summed E-state index contributed by atoms with van der Waals surface area (Å²) in [4.78, 5) is 4.19. The molecule has 2 N–H and O–H groups in total. The molecule has 1 aliphatic carbocycles. The van der Waals surface area contributed by atoms with Gasteiger partial charge in [-0.3, -0.25) is 0 Å². The van der Waals surface area contributed by atoms with Crippen LogP contribution in [0.25, 0.3) is 0 Å². The van der Waals surface area contributed by atoms with Gasteiger partial charge in [0, 0.05) is 12.7 Å². The average Bonchev–Trinajstić information content (AvgIpc) is 2.63. The Bertz CT molecular complexity index is 284. The van der Waals surface area contributed by atoms with Crippen molar-refractivity contribution in [2.75, 3.05) is 5.73 Å². The highest BCUT2D eigenvalue weighted by molar-refractivity contribution is 5.21. The second kappa shape index (κ2) is 3.40. The predicted molar refractivity (Wildman–Crippen MR) is 53.3 cm³/mol. The molecule has 1 aliphatic rings. The van der Waals surface area contributed by atoms with E-state index in [9.17, 15) is 0 Å². The molecular weight excluding hydrogens is 162 g/mol. The largest absolute Gasteiger partial charge is 0.369 e. The molecule has 1 aromatic heterocycles. The van der Waals surface area contributed by atoms with E-state index in [1.807, 2.05) is 13.1 Å². The van der Waals surface area contributed by atoms with E-state index in [0.717, 1.165) is 18.2 Å². The van der Waals surface area contributed by atoms with Crippen LogP contribution in [0.15, 0.2) is 6.20 Å². The molecule has 0 saturated heterocycles. The Morgan fingerprint density at radius 1 is 1.54 bits per heavy atom. The van der Waals surface area contributed by atoms with Gasteiger partial charge in [-0.1, -0.05) is 12.8 Å². The fourth-order valence-corrected chi connectivity index (χ4v) is 2.18. The van der Waals surface area contributed by atoms with Crippen LogP contribution in [-0.4, -0.2) is 9.55 Å². The maximum Gasteiger partial charge on any atom is 0.200 e. The summed E-state index contributed by atoms with van der Waals surface area (Å²) in [5.41, 5.74) is 6.79. The van der Waals surface area contributed by atoms with Crippen LogP contribution in [0.2, 0.25) is 0 Å². The number of imidazole rings is 1. The van der Waals surface area contributed by atoms with Crippen molar-refractivity contribution in [1.82, 2.24) is 9.55 Å². The second-order valence-corrected chi connectivity index (χ2v) is 4.04. The fraction of sp³-hybridized carbons (Fsp3) is 0.700. The lowest BCUT2D eigenvalue weighted by Gasteiger charge is -2.10. The van der Waals surface area contributed by atoms with E-state index in [4.69, 9.17) is 5.73 Å². The Hall–Kier alpha value is -0.990. The molecule has 1 heterocycles. The van der Waals surface area contributed by atoms with Gasteiger partial charge in [0.05, 0.1) is 5.69 Å². The normalized spacial score (nSPS) is 18.2. The molecule has 0 aliphatic heterocycles. The van der Waals surface area contributed by atoms with Crippen LogP contribution in [0.3, 0.4) is 0 Å². The summed E-state index contributed by atoms with van der Waals surface area (Å²) in [6, 6.07) is 0. The van der Waals surface area contributed by atoms with Crippen LogP contribution in [0.1, 0.15) is 31.4 Å². The molecule has 13 heavy (non-hydrogen) atoms. The molecule has 72 valence electrons. The highest BCUT2D eigenvalue weighted by Crippen LogP contribution is 2.26. The molecule has 3 heteroatoms. The van der Waals surface area contributed by atoms with Gasteiger partial charge in [-0.05, 0) is 25.7 Å². The third-order valence-electron chi connectivity index (χ3n) is 2.86. The van der Waals surface area contributed by atoms with Gasteiger partial charge in [0.15, 0.2) is 5.95 Å². The van der Waals surface area contributed by atoms with Gasteiger partial charge in [-0.2, -0.15) is 0 Å². The third kappa shape index (κ3) is 1.85. The first-order valence-electron chi connectivity index (χ1n) is 5.05. The minimum Gasteiger partial charge on any atom is -0.369 e. The van der Waals surface area contributed by atoms with Gasteiger partial charge in [-0.25, -0.2) is 4.98 Å². The zero-order chi connectivity index (χ0) is 9.26. The molecule has 0 atom stereocenters. The van der Waals surface area contributed by atoms with E-state index < -0.39 is 0 Å². The number of hydrogen-bond donors (Lipinski definition) is 1. The summed E-state index contributed by atoms with van der Waals surface area (Å²) in [5, 5.41) is 0. The topological polar surface area (TPSA) is 43.8 Å². The first-order valence-corrected chi connectivity index (χ1v) is 5.05. The molecule has 0 spiro atoms. The average molecular weight is 179 g/mol. The zero-order valence-electron chi connectivity index (χ0n) is 8.16. The molecule has 1 saturated carbocycles. The van der Waals surface area contributed by atoms with E-state index in [1.54, 1.807) is 0 Å². The van der Waals surface area contributed by atoms with Gasteiger partial charge in [0.1, 0.15) is 0 Å². The maximum absolute atomic E-state index is 5.77. The van der Waals surface area contributed by atoms with Gasteiger partial charge >= 0.3 is 0 Å². The smallest absolute Gasteiger partial charge is 0.200 e. The highest BCUT2D eigenvalue weighted by atomic mass is 15.1. The summed E-state index contributed by atoms with van der Waals surface area (Å²) in [5.74, 6) is 1.50. The molecule has 0 amide bonds. The van der Waals surface area contributed by atoms with Gasteiger partial charge in [0.25, 0.3) is 0 Å². The van der Waals surface area contributed by atoms with E-state index in [0.29, 0.717) is 5.95 Å². The predicted octanol–water partition coefficient (Wildman–Crippen LogP) is 1.96. The van der Waals surface area contributed by atoms with Crippen molar-refractivity contribution in [3.63, 3.8) is 0 Å². The van der Waals surface area contributed by atoms with Crippen LogP contribution in [0.4, 0.5) is 5.95 Å². The molecule has 1 fully saturated rings. The molecule has 0 radical (unpaired) electrons. The first-order chi connectivity index (χ1) is 6.25. The lowest BCUT2D eigenvalue weighted by atomic mass is 10.1. The molecule has 2 rings (SSSR count). The Morgan fingerprint density at radius 2 is 2.23 bits per heavy atom. The zero-order valence-corrected chi connectivity index (χ0v) is 8.16. The molecule has 0 unspecified atom stereocenters. The van der Waals surface area contributed by atoms with Crippen LogP contribution >= 0.6 is 0 Å². The lowest BCUT2D eigenvalue weighted by Crippen LogP contribution is -2.09. The molecule has 3 nitrogen and oxygen atoms in total. The Labute approximate surface area is 79.0 Å². The number of nitrogen functional groups attached to an aromatic ring is 1. The minimum atomic E-state index is 0.671. The van der Waals surface area contributed by atoms with E-state index in [1.165, 1.54) is 25.7 Å². The van der Waals surface area contributed by atoms with Crippen molar-refractivity contribution in [3.8, 4) is 0 Å². The maximum atomic E-state index is 5.77. The summed E-state index contributed by atoms with van der Waals surface area (Å²) in [7, 11) is 0. The number of aryl methyl sites for hydroxylation is 1. The quantitative estimate of drug-likeness (QED) is 0.754. The molecule has 1 aromatic rings. The highest BCUT2D eigenvalue weighted by Gasteiger charge is 2.16. The molecule has 0 bridgehead atoms. The second-order valence-electron chi connectivity index (χ2n) is 4.04. The number of nitrogens with zero attached hydrogens (tertiary/aromatic N) is 2. The summed E-state index contributed by atoms with van der Waals surface area (Å²) < 4.78 is 2.09. The van der Waals surface area contributed by atoms with Crippen LogP contribution in [-0.2, 0) is 6.54 Å². The minimum absolute atomic E-state index is 0.671. The Kier molecular flexibility index (Phi) is 2.25. The first kappa shape index (κ1) is 8.60. The van der Waals surface area contributed by atoms with Crippen LogP contribution < -0.4 is 5.73 Å².